The van der Waals surface area contributed by atoms with Crippen LogP contribution in [0.15, 0.2) is 12.1 Å². The zero-order valence-corrected chi connectivity index (χ0v) is 10.9. The van der Waals surface area contributed by atoms with Gasteiger partial charge in [-0.3, -0.25) is 4.90 Å². The molecule has 2 unspecified atom stereocenters. The highest BCUT2D eigenvalue weighted by molar-refractivity contribution is 6.29. The molecule has 0 aromatic carbocycles. The number of morpholine rings is 1. The number of anilines is 1. The maximum absolute atomic E-state index is 5.86. The Bertz CT molecular complexity index is 400. The van der Waals surface area contributed by atoms with E-state index in [-0.39, 0.29) is 6.10 Å². The molecule has 5 nitrogen and oxygen atoms in total. The van der Waals surface area contributed by atoms with E-state index in [4.69, 9.17) is 16.3 Å². The van der Waals surface area contributed by atoms with Crippen molar-refractivity contribution in [3.8, 4) is 0 Å². The highest BCUT2D eigenvalue weighted by atomic mass is 35.5. The van der Waals surface area contributed by atoms with Crippen LogP contribution in [0.2, 0.25) is 5.15 Å². The van der Waals surface area contributed by atoms with Crippen molar-refractivity contribution in [1.29, 1.82) is 0 Å². The number of ether oxygens (including phenoxy) is 1. The van der Waals surface area contributed by atoms with Gasteiger partial charge >= 0.3 is 0 Å². The van der Waals surface area contributed by atoms with Gasteiger partial charge in [0.05, 0.1) is 12.7 Å². The largest absolute Gasteiger partial charge is 0.373 e. The molecule has 2 aliphatic rings. The molecule has 0 aliphatic carbocycles. The minimum Gasteiger partial charge on any atom is -0.373 e. The van der Waals surface area contributed by atoms with Crippen molar-refractivity contribution < 1.29 is 4.74 Å². The third-order valence-corrected chi connectivity index (χ3v) is 3.81. The van der Waals surface area contributed by atoms with Crippen LogP contribution >= 0.6 is 11.6 Å². The molecule has 3 heterocycles. The first-order chi connectivity index (χ1) is 8.81. The van der Waals surface area contributed by atoms with E-state index in [2.05, 4.69) is 20.4 Å². The van der Waals surface area contributed by atoms with Crippen molar-refractivity contribution in [3.05, 3.63) is 17.3 Å². The number of halogens is 1. The third kappa shape index (κ3) is 2.74. The summed E-state index contributed by atoms with van der Waals surface area (Å²) in [6.45, 7) is 3.85. The average Bonchev–Trinajstić information content (AvgIpc) is 2.85. The number of rotatable bonds is 3. The quantitative estimate of drug-likeness (QED) is 0.898. The number of nitrogens with one attached hydrogen (secondary N) is 1. The average molecular weight is 269 g/mol. The molecule has 0 spiro atoms. The second-order valence-electron chi connectivity index (χ2n) is 4.87. The Morgan fingerprint density at radius 2 is 2.39 bits per heavy atom. The second-order valence-corrected chi connectivity index (χ2v) is 5.26. The molecule has 0 amide bonds. The maximum atomic E-state index is 5.86. The van der Waals surface area contributed by atoms with Gasteiger partial charge in [0, 0.05) is 19.1 Å². The van der Waals surface area contributed by atoms with Gasteiger partial charge in [-0.1, -0.05) is 11.6 Å². The van der Waals surface area contributed by atoms with Gasteiger partial charge in [-0.15, -0.1) is 10.2 Å². The van der Waals surface area contributed by atoms with Gasteiger partial charge in [0.15, 0.2) is 5.15 Å². The molecule has 0 radical (unpaired) electrons. The van der Waals surface area contributed by atoms with Gasteiger partial charge in [-0.25, -0.2) is 0 Å². The Balaban J connectivity index is 1.50. The van der Waals surface area contributed by atoms with Gasteiger partial charge in [0.25, 0.3) is 0 Å². The highest BCUT2D eigenvalue weighted by Crippen LogP contribution is 2.22. The van der Waals surface area contributed by atoms with Gasteiger partial charge in [0.2, 0.25) is 0 Å². The van der Waals surface area contributed by atoms with Crippen molar-refractivity contribution in [2.45, 2.75) is 25.0 Å². The molecular weight excluding hydrogens is 252 g/mol. The number of nitrogens with zero attached hydrogens (tertiary/aromatic N) is 3. The lowest BCUT2D eigenvalue weighted by atomic mass is 10.2. The third-order valence-electron chi connectivity index (χ3n) is 3.60. The van der Waals surface area contributed by atoms with Crippen LogP contribution in [0.3, 0.4) is 0 Å². The first kappa shape index (κ1) is 12.1. The van der Waals surface area contributed by atoms with E-state index in [0.29, 0.717) is 11.2 Å². The van der Waals surface area contributed by atoms with Crippen LogP contribution in [-0.4, -0.2) is 53.5 Å². The molecule has 6 heteroatoms. The Morgan fingerprint density at radius 3 is 3.22 bits per heavy atom. The lowest BCUT2D eigenvalue weighted by Gasteiger charge is -2.35. The Kier molecular flexibility index (Phi) is 3.63. The molecule has 1 aromatic heterocycles. The summed E-state index contributed by atoms with van der Waals surface area (Å²) in [4.78, 5) is 2.53. The van der Waals surface area contributed by atoms with Crippen molar-refractivity contribution >= 4 is 17.4 Å². The molecule has 18 heavy (non-hydrogen) atoms. The van der Waals surface area contributed by atoms with Crippen LogP contribution in [0.25, 0.3) is 0 Å². The van der Waals surface area contributed by atoms with E-state index < -0.39 is 0 Å². The van der Waals surface area contributed by atoms with Crippen LogP contribution in [0.5, 0.6) is 0 Å². The number of hydrogen-bond donors (Lipinski definition) is 1. The fourth-order valence-corrected chi connectivity index (χ4v) is 2.74. The summed E-state index contributed by atoms with van der Waals surface area (Å²) in [6.07, 6.45) is 2.82. The summed E-state index contributed by atoms with van der Waals surface area (Å²) < 4.78 is 5.86. The molecule has 0 bridgehead atoms. The summed E-state index contributed by atoms with van der Waals surface area (Å²) in [7, 11) is 0. The summed E-state index contributed by atoms with van der Waals surface area (Å²) in [5, 5.41) is 11.4. The molecule has 1 N–H and O–H groups in total. The Labute approximate surface area is 111 Å². The molecule has 2 atom stereocenters. The van der Waals surface area contributed by atoms with E-state index in [1.165, 1.54) is 19.4 Å². The molecule has 0 saturated carbocycles. The summed E-state index contributed by atoms with van der Waals surface area (Å²) in [6, 6.07) is 4.21. The van der Waals surface area contributed by atoms with Crippen LogP contribution in [0.4, 0.5) is 5.82 Å². The van der Waals surface area contributed by atoms with E-state index in [9.17, 15) is 0 Å². The molecule has 1 aromatic rings. The predicted molar refractivity (Wildman–Crippen MR) is 69.9 cm³/mol. The summed E-state index contributed by atoms with van der Waals surface area (Å²) in [5.41, 5.74) is 0. The number of hydrogen-bond acceptors (Lipinski definition) is 5. The lowest BCUT2D eigenvalue weighted by molar-refractivity contribution is -0.0416. The molecular formula is C12H17ClN4O. The monoisotopic (exact) mass is 268 g/mol. The molecule has 3 rings (SSSR count). The standard InChI is InChI=1S/C12H17ClN4O/c13-11-3-4-12(16-15-11)14-6-10-7-17-5-1-2-9(17)8-18-10/h3-4,9-10H,1-2,5-8H2,(H,14,16). The smallest absolute Gasteiger partial charge is 0.151 e. The molecule has 2 saturated heterocycles. The van der Waals surface area contributed by atoms with Crippen molar-refractivity contribution in [3.63, 3.8) is 0 Å². The van der Waals surface area contributed by atoms with Gasteiger partial charge in [-0.2, -0.15) is 0 Å². The van der Waals surface area contributed by atoms with E-state index in [0.717, 1.165) is 25.5 Å². The van der Waals surface area contributed by atoms with Gasteiger partial charge in [-0.05, 0) is 31.5 Å². The zero-order valence-electron chi connectivity index (χ0n) is 10.2. The predicted octanol–water partition coefficient (Wildman–Crippen LogP) is 1.41. The lowest BCUT2D eigenvalue weighted by Crippen LogP contribution is -2.48. The van der Waals surface area contributed by atoms with Crippen molar-refractivity contribution in [1.82, 2.24) is 15.1 Å². The van der Waals surface area contributed by atoms with Crippen LogP contribution in [0.1, 0.15) is 12.8 Å². The Morgan fingerprint density at radius 1 is 1.44 bits per heavy atom. The van der Waals surface area contributed by atoms with Gasteiger partial charge in [0.1, 0.15) is 5.82 Å². The fraction of sp³-hybridized carbons (Fsp3) is 0.667. The normalized spacial score (nSPS) is 28.1. The number of fused-ring (bicyclic) bond motifs is 1. The van der Waals surface area contributed by atoms with E-state index >= 15 is 0 Å². The first-order valence-electron chi connectivity index (χ1n) is 6.40. The van der Waals surface area contributed by atoms with E-state index in [1.54, 1.807) is 6.07 Å². The van der Waals surface area contributed by atoms with Crippen molar-refractivity contribution in [2.24, 2.45) is 0 Å². The SMILES string of the molecule is Clc1ccc(NCC2CN3CCCC3CO2)nn1. The van der Waals surface area contributed by atoms with Crippen LogP contribution in [-0.2, 0) is 4.74 Å². The van der Waals surface area contributed by atoms with Crippen LogP contribution in [0, 0.1) is 0 Å². The summed E-state index contributed by atoms with van der Waals surface area (Å²) >= 11 is 5.69. The van der Waals surface area contributed by atoms with Gasteiger partial charge < -0.3 is 10.1 Å². The minimum absolute atomic E-state index is 0.233. The van der Waals surface area contributed by atoms with Crippen LogP contribution < -0.4 is 5.32 Å². The maximum Gasteiger partial charge on any atom is 0.151 e. The zero-order chi connectivity index (χ0) is 12.4. The minimum atomic E-state index is 0.233. The molecule has 2 fully saturated rings. The Hall–Kier alpha value is -0.910. The molecule has 2 aliphatic heterocycles. The topological polar surface area (TPSA) is 50.3 Å². The highest BCUT2D eigenvalue weighted by Gasteiger charge is 2.31. The summed E-state index contributed by atoms with van der Waals surface area (Å²) in [5.74, 6) is 0.742. The fourth-order valence-electron chi connectivity index (χ4n) is 2.64. The second kappa shape index (κ2) is 5.38. The first-order valence-corrected chi connectivity index (χ1v) is 6.78. The van der Waals surface area contributed by atoms with E-state index in [1.807, 2.05) is 6.07 Å². The van der Waals surface area contributed by atoms with Crippen molar-refractivity contribution in [2.75, 3.05) is 31.6 Å². The number of aromatic nitrogens is 2. The molecule has 98 valence electrons.